The van der Waals surface area contributed by atoms with Crippen molar-refractivity contribution in [3.63, 3.8) is 0 Å². The molecule has 0 aromatic heterocycles. The van der Waals surface area contributed by atoms with Crippen molar-refractivity contribution in [1.82, 2.24) is 14.5 Å². The lowest BCUT2D eigenvalue weighted by Gasteiger charge is -2.37. The van der Waals surface area contributed by atoms with Crippen molar-refractivity contribution in [1.29, 1.82) is 0 Å². The van der Waals surface area contributed by atoms with Crippen LogP contribution in [0.25, 0.3) is 0 Å². The van der Waals surface area contributed by atoms with Gasteiger partial charge in [0, 0.05) is 40.3 Å². The number of hydrogen-bond donors (Lipinski definition) is 1. The third kappa shape index (κ3) is 5.48. The van der Waals surface area contributed by atoms with Gasteiger partial charge in [-0.15, -0.1) is 0 Å². The summed E-state index contributed by atoms with van der Waals surface area (Å²) < 4.78 is 37.4. The van der Waals surface area contributed by atoms with Crippen LogP contribution in [0, 0.1) is 0 Å². The third-order valence-electron chi connectivity index (χ3n) is 5.22. The van der Waals surface area contributed by atoms with Crippen LogP contribution < -0.4 is 5.32 Å². The lowest BCUT2D eigenvalue weighted by Crippen LogP contribution is -2.53. The van der Waals surface area contributed by atoms with Crippen molar-refractivity contribution in [3.05, 3.63) is 29.8 Å². The van der Waals surface area contributed by atoms with E-state index >= 15 is 0 Å². The van der Waals surface area contributed by atoms with Crippen LogP contribution in [0.15, 0.2) is 34.2 Å². The molecule has 1 N–H and O–H groups in total. The molecular formula is C20H32N4O4S. The van der Waals surface area contributed by atoms with E-state index in [-0.39, 0.29) is 17.1 Å². The van der Waals surface area contributed by atoms with Crippen molar-refractivity contribution >= 4 is 16.0 Å². The van der Waals surface area contributed by atoms with Gasteiger partial charge >= 0.3 is 0 Å². The van der Waals surface area contributed by atoms with Crippen molar-refractivity contribution in [3.8, 4) is 0 Å². The van der Waals surface area contributed by atoms with Gasteiger partial charge in [-0.25, -0.2) is 17.7 Å². The summed E-state index contributed by atoms with van der Waals surface area (Å²) in [5, 5.41) is 3.36. The van der Waals surface area contributed by atoms with Gasteiger partial charge in [0.25, 0.3) is 0 Å². The first-order valence-electron chi connectivity index (χ1n) is 10.2. The number of rotatable bonds is 6. The standard InChI is InChI=1S/C20H32N4O4S/c1-4-21-20(24-11-13-28-19(15-24)18-6-5-12-27-18)22-14-16-7-9-17(10-8-16)29(25,26)23(2)3/h7-10,18-19H,4-6,11-15H2,1-3H3,(H,21,22). The first-order chi connectivity index (χ1) is 13.9. The van der Waals surface area contributed by atoms with Gasteiger partial charge in [-0.1, -0.05) is 12.1 Å². The second-order valence-corrected chi connectivity index (χ2v) is 9.66. The molecule has 2 aliphatic rings. The highest BCUT2D eigenvalue weighted by Crippen LogP contribution is 2.21. The Kier molecular flexibility index (Phi) is 7.50. The molecule has 162 valence electrons. The van der Waals surface area contributed by atoms with Crippen molar-refractivity contribution in [2.45, 2.75) is 43.4 Å². The van der Waals surface area contributed by atoms with E-state index in [0.29, 0.717) is 13.2 Å². The number of nitrogens with one attached hydrogen (secondary N) is 1. The Morgan fingerprint density at radius 1 is 1.21 bits per heavy atom. The summed E-state index contributed by atoms with van der Waals surface area (Å²) in [7, 11) is -0.353. The van der Waals surface area contributed by atoms with E-state index in [0.717, 1.165) is 50.6 Å². The summed E-state index contributed by atoms with van der Waals surface area (Å²) in [5.74, 6) is 0.851. The van der Waals surface area contributed by atoms with Gasteiger partial charge in [0.2, 0.25) is 10.0 Å². The van der Waals surface area contributed by atoms with E-state index in [2.05, 4.69) is 17.1 Å². The molecule has 1 aromatic rings. The lowest BCUT2D eigenvalue weighted by molar-refractivity contribution is -0.0817. The minimum atomic E-state index is -3.41. The van der Waals surface area contributed by atoms with Crippen LogP contribution >= 0.6 is 0 Å². The summed E-state index contributed by atoms with van der Waals surface area (Å²) in [6.45, 7) is 6.33. The molecule has 2 atom stereocenters. The molecular weight excluding hydrogens is 392 g/mol. The van der Waals surface area contributed by atoms with E-state index in [1.807, 2.05) is 12.1 Å². The van der Waals surface area contributed by atoms with Crippen LogP contribution in [0.3, 0.4) is 0 Å². The average Bonchev–Trinajstić information content (AvgIpc) is 3.26. The minimum absolute atomic E-state index is 0.0747. The van der Waals surface area contributed by atoms with E-state index in [4.69, 9.17) is 14.5 Å². The molecule has 2 heterocycles. The summed E-state index contributed by atoms with van der Waals surface area (Å²) >= 11 is 0. The molecule has 2 fully saturated rings. The summed E-state index contributed by atoms with van der Waals surface area (Å²) in [5.41, 5.74) is 0.960. The Morgan fingerprint density at radius 3 is 2.55 bits per heavy atom. The highest BCUT2D eigenvalue weighted by Gasteiger charge is 2.32. The zero-order valence-electron chi connectivity index (χ0n) is 17.5. The molecule has 2 aliphatic heterocycles. The van der Waals surface area contributed by atoms with E-state index in [1.54, 1.807) is 12.1 Å². The normalized spacial score (nSPS) is 23.6. The Labute approximate surface area is 173 Å². The molecule has 0 aliphatic carbocycles. The van der Waals surface area contributed by atoms with Crippen molar-refractivity contribution in [2.24, 2.45) is 4.99 Å². The number of morpholine rings is 1. The number of benzene rings is 1. The number of guanidine groups is 1. The molecule has 9 heteroatoms. The zero-order valence-corrected chi connectivity index (χ0v) is 18.3. The molecule has 29 heavy (non-hydrogen) atoms. The van der Waals surface area contributed by atoms with Crippen LogP contribution in [-0.2, 0) is 26.0 Å². The van der Waals surface area contributed by atoms with Crippen LogP contribution in [0.2, 0.25) is 0 Å². The van der Waals surface area contributed by atoms with Gasteiger partial charge in [0.05, 0.1) is 24.2 Å². The molecule has 0 amide bonds. The monoisotopic (exact) mass is 424 g/mol. The van der Waals surface area contributed by atoms with Crippen LogP contribution in [-0.4, -0.2) is 82.7 Å². The van der Waals surface area contributed by atoms with Gasteiger partial charge in [0.15, 0.2) is 5.96 Å². The predicted molar refractivity (Wildman–Crippen MR) is 112 cm³/mol. The number of sulfonamides is 1. The third-order valence-corrected chi connectivity index (χ3v) is 7.05. The molecule has 8 nitrogen and oxygen atoms in total. The fraction of sp³-hybridized carbons (Fsp3) is 0.650. The predicted octanol–water partition coefficient (Wildman–Crippen LogP) is 1.28. The second kappa shape index (κ2) is 9.88. The van der Waals surface area contributed by atoms with Crippen molar-refractivity contribution in [2.75, 3.05) is 46.9 Å². The molecule has 3 rings (SSSR count). The molecule has 0 spiro atoms. The topological polar surface area (TPSA) is 83.5 Å². The lowest BCUT2D eigenvalue weighted by atomic mass is 10.1. The van der Waals surface area contributed by atoms with Crippen LogP contribution in [0.4, 0.5) is 0 Å². The van der Waals surface area contributed by atoms with Gasteiger partial charge < -0.3 is 19.7 Å². The number of hydrogen-bond acceptors (Lipinski definition) is 5. The SMILES string of the molecule is CCNC(=NCc1ccc(S(=O)(=O)N(C)C)cc1)N1CCOC(C2CCCO2)C1. The molecule has 0 radical (unpaired) electrons. The van der Waals surface area contributed by atoms with Crippen molar-refractivity contribution < 1.29 is 17.9 Å². The fourth-order valence-electron chi connectivity index (χ4n) is 3.56. The summed E-state index contributed by atoms with van der Waals surface area (Å²) in [4.78, 5) is 7.28. The molecule has 2 saturated heterocycles. The molecule has 0 saturated carbocycles. The molecule has 0 bridgehead atoms. The van der Waals surface area contributed by atoms with E-state index in [1.165, 1.54) is 18.4 Å². The van der Waals surface area contributed by atoms with Gasteiger partial charge in [-0.3, -0.25) is 0 Å². The smallest absolute Gasteiger partial charge is 0.242 e. The maximum absolute atomic E-state index is 12.2. The van der Waals surface area contributed by atoms with Gasteiger partial charge in [-0.2, -0.15) is 0 Å². The average molecular weight is 425 g/mol. The summed E-state index contributed by atoms with van der Waals surface area (Å²) in [6.07, 6.45) is 2.39. The number of aliphatic imine (C=N–C) groups is 1. The highest BCUT2D eigenvalue weighted by atomic mass is 32.2. The Bertz CT molecular complexity index is 789. The summed E-state index contributed by atoms with van der Waals surface area (Å²) in [6, 6.07) is 6.90. The fourth-order valence-corrected chi connectivity index (χ4v) is 4.46. The van der Waals surface area contributed by atoms with E-state index < -0.39 is 10.0 Å². The number of ether oxygens (including phenoxy) is 2. The Morgan fingerprint density at radius 2 is 1.93 bits per heavy atom. The van der Waals surface area contributed by atoms with E-state index in [9.17, 15) is 8.42 Å². The van der Waals surface area contributed by atoms with Gasteiger partial charge in [-0.05, 0) is 37.5 Å². The van der Waals surface area contributed by atoms with Crippen LogP contribution in [0.5, 0.6) is 0 Å². The first kappa shape index (κ1) is 22.0. The Balaban J connectivity index is 1.67. The minimum Gasteiger partial charge on any atom is -0.375 e. The molecule has 1 aromatic carbocycles. The maximum Gasteiger partial charge on any atom is 0.242 e. The zero-order chi connectivity index (χ0) is 20.9. The van der Waals surface area contributed by atoms with Crippen LogP contribution in [0.1, 0.15) is 25.3 Å². The first-order valence-corrected chi connectivity index (χ1v) is 11.6. The molecule has 2 unspecified atom stereocenters. The quantitative estimate of drug-likeness (QED) is 0.547. The van der Waals surface area contributed by atoms with Gasteiger partial charge in [0.1, 0.15) is 6.10 Å². The Hall–Kier alpha value is -1.68. The maximum atomic E-state index is 12.2. The largest absolute Gasteiger partial charge is 0.375 e. The highest BCUT2D eigenvalue weighted by molar-refractivity contribution is 7.89. The second-order valence-electron chi connectivity index (χ2n) is 7.51. The number of nitrogens with zero attached hydrogens (tertiary/aromatic N) is 3.